The highest BCUT2D eigenvalue weighted by atomic mass is 32.1. The average Bonchev–Trinajstić information content (AvgIpc) is 2.69. The molecule has 1 saturated carbocycles. The lowest BCUT2D eigenvalue weighted by atomic mass is 10.1. The first-order chi connectivity index (χ1) is 6.10. The minimum atomic E-state index is -0.139. The molecule has 1 fully saturated rings. The highest BCUT2D eigenvalue weighted by Crippen LogP contribution is 2.45. The summed E-state index contributed by atoms with van der Waals surface area (Å²) in [7, 11) is 0. The molecule has 0 aliphatic heterocycles. The Labute approximate surface area is 80.4 Å². The van der Waals surface area contributed by atoms with Gasteiger partial charge in [-0.3, -0.25) is 4.79 Å². The molecule has 1 aliphatic carbocycles. The van der Waals surface area contributed by atoms with Crippen molar-refractivity contribution >= 4 is 22.4 Å². The van der Waals surface area contributed by atoms with Crippen LogP contribution in [0, 0.1) is 12.3 Å². The predicted molar refractivity (Wildman–Crippen MR) is 50.6 cm³/mol. The van der Waals surface area contributed by atoms with Crippen molar-refractivity contribution in [1.82, 2.24) is 10.2 Å². The van der Waals surface area contributed by atoms with Crippen LogP contribution < -0.4 is 5.32 Å². The molecule has 0 spiro atoms. The molecule has 70 valence electrons. The molecular weight excluding hydrogens is 186 g/mol. The van der Waals surface area contributed by atoms with Gasteiger partial charge in [0.25, 0.3) is 0 Å². The fraction of sp³-hybridized carbons (Fsp3) is 0.625. The Balaban J connectivity index is 2.02. The Bertz CT molecular complexity index is 343. The number of carbonyl (C=O) groups excluding carboxylic acids is 1. The van der Waals surface area contributed by atoms with E-state index in [1.165, 1.54) is 11.3 Å². The molecule has 0 saturated heterocycles. The third-order valence-corrected chi connectivity index (χ3v) is 3.05. The monoisotopic (exact) mass is 197 g/mol. The third-order valence-electron chi connectivity index (χ3n) is 2.29. The van der Waals surface area contributed by atoms with Crippen molar-refractivity contribution < 1.29 is 4.79 Å². The van der Waals surface area contributed by atoms with E-state index in [1.54, 1.807) is 0 Å². The van der Waals surface area contributed by atoms with Crippen LogP contribution in [0.15, 0.2) is 0 Å². The first kappa shape index (κ1) is 8.62. The maximum Gasteiger partial charge on any atom is 0.232 e. The number of amides is 1. The van der Waals surface area contributed by atoms with Crippen LogP contribution in [0.1, 0.15) is 24.8 Å². The molecule has 0 unspecified atom stereocenters. The van der Waals surface area contributed by atoms with E-state index in [4.69, 9.17) is 0 Å². The Morgan fingerprint density at radius 3 is 2.69 bits per heavy atom. The van der Waals surface area contributed by atoms with Gasteiger partial charge in [-0.05, 0) is 19.8 Å². The van der Waals surface area contributed by atoms with Gasteiger partial charge in [0.05, 0.1) is 0 Å². The van der Waals surface area contributed by atoms with Gasteiger partial charge >= 0.3 is 0 Å². The summed E-state index contributed by atoms with van der Waals surface area (Å²) >= 11 is 1.41. The fourth-order valence-electron chi connectivity index (χ4n) is 1.01. The molecule has 0 aromatic carbocycles. The second-order valence-corrected chi connectivity index (χ2v) is 4.82. The van der Waals surface area contributed by atoms with Gasteiger partial charge in [0, 0.05) is 5.41 Å². The second kappa shape index (κ2) is 2.77. The van der Waals surface area contributed by atoms with Crippen LogP contribution in [-0.4, -0.2) is 16.1 Å². The Kier molecular flexibility index (Phi) is 1.83. The van der Waals surface area contributed by atoms with Crippen molar-refractivity contribution in [2.24, 2.45) is 5.41 Å². The van der Waals surface area contributed by atoms with Crippen molar-refractivity contribution in [3.8, 4) is 0 Å². The van der Waals surface area contributed by atoms with E-state index >= 15 is 0 Å². The van der Waals surface area contributed by atoms with Gasteiger partial charge in [-0.15, -0.1) is 10.2 Å². The number of rotatable bonds is 2. The number of aromatic nitrogens is 2. The molecule has 1 N–H and O–H groups in total. The minimum absolute atomic E-state index is 0.0728. The molecule has 1 aromatic heterocycles. The SMILES string of the molecule is Cc1nnc(NC(=O)C2(C)CC2)s1. The number of nitrogens with one attached hydrogen (secondary N) is 1. The van der Waals surface area contributed by atoms with Gasteiger partial charge in [-0.2, -0.15) is 0 Å². The normalized spacial score (nSPS) is 18.3. The lowest BCUT2D eigenvalue weighted by Gasteiger charge is -2.05. The van der Waals surface area contributed by atoms with Gasteiger partial charge in [-0.25, -0.2) is 0 Å². The maximum atomic E-state index is 11.5. The average molecular weight is 197 g/mol. The van der Waals surface area contributed by atoms with E-state index in [0.717, 1.165) is 17.8 Å². The topological polar surface area (TPSA) is 54.9 Å². The van der Waals surface area contributed by atoms with E-state index in [0.29, 0.717) is 5.13 Å². The zero-order valence-corrected chi connectivity index (χ0v) is 8.44. The van der Waals surface area contributed by atoms with Crippen molar-refractivity contribution in [2.75, 3.05) is 5.32 Å². The van der Waals surface area contributed by atoms with E-state index in [1.807, 2.05) is 13.8 Å². The molecule has 2 rings (SSSR count). The highest BCUT2D eigenvalue weighted by Gasteiger charge is 2.45. The largest absolute Gasteiger partial charge is 0.300 e. The fourth-order valence-corrected chi connectivity index (χ4v) is 1.60. The first-order valence-corrected chi connectivity index (χ1v) is 5.03. The Morgan fingerprint density at radius 1 is 1.54 bits per heavy atom. The number of hydrogen-bond acceptors (Lipinski definition) is 4. The predicted octanol–water partition coefficient (Wildman–Crippen LogP) is 1.59. The van der Waals surface area contributed by atoms with Crippen LogP contribution in [-0.2, 0) is 4.79 Å². The molecule has 0 atom stereocenters. The van der Waals surface area contributed by atoms with Crippen LogP contribution in [0.2, 0.25) is 0 Å². The van der Waals surface area contributed by atoms with Crippen LogP contribution in [0.25, 0.3) is 0 Å². The van der Waals surface area contributed by atoms with E-state index < -0.39 is 0 Å². The maximum absolute atomic E-state index is 11.5. The van der Waals surface area contributed by atoms with Gasteiger partial charge in [0.15, 0.2) is 0 Å². The number of nitrogens with zero attached hydrogens (tertiary/aromatic N) is 2. The highest BCUT2D eigenvalue weighted by molar-refractivity contribution is 7.15. The summed E-state index contributed by atoms with van der Waals surface area (Å²) in [5.74, 6) is 0.0728. The summed E-state index contributed by atoms with van der Waals surface area (Å²) < 4.78 is 0. The quantitative estimate of drug-likeness (QED) is 0.783. The number of anilines is 1. The summed E-state index contributed by atoms with van der Waals surface area (Å²) in [5.41, 5.74) is -0.139. The zero-order valence-electron chi connectivity index (χ0n) is 7.63. The molecule has 1 amide bonds. The van der Waals surface area contributed by atoms with E-state index in [9.17, 15) is 4.79 Å². The smallest absolute Gasteiger partial charge is 0.232 e. The summed E-state index contributed by atoms with van der Waals surface area (Å²) in [5, 5.41) is 11.9. The number of carbonyl (C=O) groups is 1. The minimum Gasteiger partial charge on any atom is -0.300 e. The summed E-state index contributed by atoms with van der Waals surface area (Å²) in [6.45, 7) is 3.84. The molecule has 13 heavy (non-hydrogen) atoms. The molecule has 1 heterocycles. The standard InChI is InChI=1S/C8H11N3OS/c1-5-10-11-7(13-5)9-6(12)8(2)3-4-8/h3-4H2,1-2H3,(H,9,11,12). The van der Waals surface area contributed by atoms with Crippen molar-refractivity contribution in [2.45, 2.75) is 26.7 Å². The molecule has 5 heteroatoms. The molecule has 4 nitrogen and oxygen atoms in total. The molecule has 1 aromatic rings. The van der Waals surface area contributed by atoms with Gasteiger partial charge in [-0.1, -0.05) is 18.3 Å². The third kappa shape index (κ3) is 1.70. The van der Waals surface area contributed by atoms with Gasteiger partial charge < -0.3 is 5.32 Å². The molecular formula is C8H11N3OS. The second-order valence-electron chi connectivity index (χ2n) is 3.64. The van der Waals surface area contributed by atoms with Crippen molar-refractivity contribution in [3.63, 3.8) is 0 Å². The summed E-state index contributed by atoms with van der Waals surface area (Å²) in [6.07, 6.45) is 1.97. The Morgan fingerprint density at radius 2 is 2.23 bits per heavy atom. The summed E-state index contributed by atoms with van der Waals surface area (Å²) in [6, 6.07) is 0. The van der Waals surface area contributed by atoms with Gasteiger partial charge in [0.1, 0.15) is 5.01 Å². The lowest BCUT2D eigenvalue weighted by Crippen LogP contribution is -2.21. The summed E-state index contributed by atoms with van der Waals surface area (Å²) in [4.78, 5) is 11.5. The van der Waals surface area contributed by atoms with Crippen LogP contribution in [0.4, 0.5) is 5.13 Å². The van der Waals surface area contributed by atoms with Crippen LogP contribution >= 0.6 is 11.3 Å². The van der Waals surface area contributed by atoms with Gasteiger partial charge in [0.2, 0.25) is 11.0 Å². The lowest BCUT2D eigenvalue weighted by molar-refractivity contribution is -0.120. The van der Waals surface area contributed by atoms with Crippen molar-refractivity contribution in [1.29, 1.82) is 0 Å². The number of aryl methyl sites for hydroxylation is 1. The van der Waals surface area contributed by atoms with Crippen molar-refractivity contribution in [3.05, 3.63) is 5.01 Å². The van der Waals surface area contributed by atoms with E-state index in [2.05, 4.69) is 15.5 Å². The van der Waals surface area contributed by atoms with E-state index in [-0.39, 0.29) is 11.3 Å². The van der Waals surface area contributed by atoms with Crippen LogP contribution in [0.5, 0.6) is 0 Å². The molecule has 1 aliphatic rings. The number of hydrogen-bond donors (Lipinski definition) is 1. The molecule has 0 radical (unpaired) electrons. The Hall–Kier alpha value is -0.970. The van der Waals surface area contributed by atoms with Crippen LogP contribution in [0.3, 0.4) is 0 Å². The first-order valence-electron chi connectivity index (χ1n) is 4.22. The molecule has 0 bridgehead atoms. The zero-order chi connectivity index (χ0) is 9.47.